The van der Waals surface area contributed by atoms with Crippen LogP contribution in [0.1, 0.15) is 5.56 Å². The number of aryl methyl sites for hydroxylation is 1. The summed E-state index contributed by atoms with van der Waals surface area (Å²) in [7, 11) is 0. The van der Waals surface area contributed by atoms with Gasteiger partial charge >= 0.3 is 0 Å². The standard InChI is InChI=1S/C18H19N5/c1-14-12-19-13-21-18(14)23-10-8-22(9-11-23)17-6-7-20-16-5-3-2-4-15(16)17/h2-7,12-13H,8-11H2,1H3. The number of hydrogen-bond acceptors (Lipinski definition) is 5. The van der Waals surface area contributed by atoms with Crippen LogP contribution in [0.25, 0.3) is 10.9 Å². The molecule has 0 bridgehead atoms. The van der Waals surface area contributed by atoms with Crippen LogP contribution < -0.4 is 9.80 Å². The number of piperazine rings is 1. The van der Waals surface area contributed by atoms with Gasteiger partial charge < -0.3 is 9.80 Å². The van der Waals surface area contributed by atoms with E-state index in [0.29, 0.717) is 0 Å². The molecule has 1 aromatic carbocycles. The summed E-state index contributed by atoms with van der Waals surface area (Å²) in [4.78, 5) is 17.8. The Bertz CT molecular complexity index is 819. The van der Waals surface area contributed by atoms with Gasteiger partial charge in [0.05, 0.1) is 5.52 Å². The van der Waals surface area contributed by atoms with Gasteiger partial charge in [-0.2, -0.15) is 0 Å². The summed E-state index contributed by atoms with van der Waals surface area (Å²) in [5.74, 6) is 1.05. The number of fused-ring (bicyclic) bond motifs is 1. The highest BCUT2D eigenvalue weighted by molar-refractivity contribution is 5.91. The molecule has 5 nitrogen and oxygen atoms in total. The molecule has 0 aliphatic carbocycles. The largest absolute Gasteiger partial charge is 0.367 e. The summed E-state index contributed by atoms with van der Waals surface area (Å²) < 4.78 is 0. The van der Waals surface area contributed by atoms with Gasteiger partial charge in [0.15, 0.2) is 0 Å². The third-order valence-electron chi connectivity index (χ3n) is 4.41. The summed E-state index contributed by atoms with van der Waals surface area (Å²) in [6.45, 7) is 5.97. The molecule has 23 heavy (non-hydrogen) atoms. The summed E-state index contributed by atoms with van der Waals surface area (Å²) in [6.07, 6.45) is 5.41. The van der Waals surface area contributed by atoms with Crippen molar-refractivity contribution in [3.8, 4) is 0 Å². The zero-order chi connectivity index (χ0) is 15.6. The second-order valence-corrected chi connectivity index (χ2v) is 5.85. The van der Waals surface area contributed by atoms with Crippen LogP contribution in [0.15, 0.2) is 49.1 Å². The predicted molar refractivity (Wildman–Crippen MR) is 92.9 cm³/mol. The van der Waals surface area contributed by atoms with Gasteiger partial charge in [-0.1, -0.05) is 18.2 Å². The lowest BCUT2D eigenvalue weighted by molar-refractivity contribution is 0.646. The molecule has 1 saturated heterocycles. The molecule has 2 aromatic heterocycles. The molecule has 1 aliphatic rings. The van der Waals surface area contributed by atoms with Gasteiger partial charge in [0.1, 0.15) is 12.1 Å². The average molecular weight is 305 g/mol. The molecular weight excluding hydrogens is 286 g/mol. The van der Waals surface area contributed by atoms with E-state index in [0.717, 1.165) is 43.1 Å². The van der Waals surface area contributed by atoms with Crippen LogP contribution in [0.2, 0.25) is 0 Å². The molecule has 0 N–H and O–H groups in total. The molecule has 0 radical (unpaired) electrons. The van der Waals surface area contributed by atoms with Crippen LogP contribution in [-0.2, 0) is 0 Å². The van der Waals surface area contributed by atoms with E-state index in [1.54, 1.807) is 6.33 Å². The highest BCUT2D eigenvalue weighted by Gasteiger charge is 2.20. The number of hydrogen-bond donors (Lipinski definition) is 0. The summed E-state index contributed by atoms with van der Waals surface area (Å²) in [6, 6.07) is 10.5. The zero-order valence-electron chi connectivity index (χ0n) is 13.2. The molecule has 4 rings (SSSR count). The van der Waals surface area contributed by atoms with E-state index in [-0.39, 0.29) is 0 Å². The Morgan fingerprint density at radius 3 is 2.52 bits per heavy atom. The summed E-state index contributed by atoms with van der Waals surface area (Å²) in [5.41, 5.74) is 3.46. The Labute approximate surface area is 135 Å². The van der Waals surface area contributed by atoms with Crippen molar-refractivity contribution in [2.24, 2.45) is 0 Å². The summed E-state index contributed by atoms with van der Waals surface area (Å²) >= 11 is 0. The van der Waals surface area contributed by atoms with Gasteiger partial charge in [0, 0.05) is 55.2 Å². The lowest BCUT2D eigenvalue weighted by atomic mass is 10.1. The Balaban J connectivity index is 1.57. The lowest BCUT2D eigenvalue weighted by Crippen LogP contribution is -2.47. The van der Waals surface area contributed by atoms with Gasteiger partial charge in [-0.25, -0.2) is 9.97 Å². The highest BCUT2D eigenvalue weighted by Crippen LogP contribution is 2.27. The van der Waals surface area contributed by atoms with Crippen molar-refractivity contribution in [3.05, 3.63) is 54.6 Å². The fourth-order valence-corrected chi connectivity index (χ4v) is 3.24. The summed E-state index contributed by atoms with van der Waals surface area (Å²) in [5, 5.41) is 1.22. The van der Waals surface area contributed by atoms with Crippen LogP contribution in [-0.4, -0.2) is 41.1 Å². The van der Waals surface area contributed by atoms with Crippen molar-refractivity contribution in [3.63, 3.8) is 0 Å². The number of rotatable bonds is 2. The minimum Gasteiger partial charge on any atom is -0.367 e. The van der Waals surface area contributed by atoms with E-state index in [4.69, 9.17) is 0 Å². The fraction of sp³-hybridized carbons (Fsp3) is 0.278. The molecule has 0 spiro atoms. The first-order valence-corrected chi connectivity index (χ1v) is 7.93. The number of anilines is 2. The van der Waals surface area contributed by atoms with Gasteiger partial charge in [-0.05, 0) is 19.1 Å². The smallest absolute Gasteiger partial charge is 0.134 e. The van der Waals surface area contributed by atoms with Gasteiger partial charge in [-0.3, -0.25) is 4.98 Å². The van der Waals surface area contributed by atoms with Gasteiger partial charge in [0.2, 0.25) is 0 Å². The Hall–Kier alpha value is -2.69. The molecule has 1 aliphatic heterocycles. The third-order valence-corrected chi connectivity index (χ3v) is 4.41. The normalized spacial score (nSPS) is 15.2. The zero-order valence-corrected chi connectivity index (χ0v) is 13.2. The van der Waals surface area contributed by atoms with E-state index < -0.39 is 0 Å². The topological polar surface area (TPSA) is 45.2 Å². The quantitative estimate of drug-likeness (QED) is 0.728. The van der Waals surface area contributed by atoms with E-state index in [1.807, 2.05) is 18.5 Å². The Morgan fingerprint density at radius 2 is 1.70 bits per heavy atom. The van der Waals surface area contributed by atoms with E-state index in [1.165, 1.54) is 11.1 Å². The van der Waals surface area contributed by atoms with Gasteiger partial charge in [0.25, 0.3) is 0 Å². The predicted octanol–water partition coefficient (Wildman–Crippen LogP) is 2.66. The number of para-hydroxylation sites is 1. The molecule has 0 unspecified atom stereocenters. The molecular formula is C18H19N5. The molecule has 0 amide bonds. The third kappa shape index (κ3) is 2.59. The molecule has 1 fully saturated rings. The van der Waals surface area contributed by atoms with Crippen LogP contribution in [0.3, 0.4) is 0 Å². The fourth-order valence-electron chi connectivity index (χ4n) is 3.24. The van der Waals surface area contributed by atoms with Crippen molar-refractivity contribution in [2.75, 3.05) is 36.0 Å². The second kappa shape index (κ2) is 5.83. The molecule has 3 heterocycles. The van der Waals surface area contributed by atoms with Crippen molar-refractivity contribution < 1.29 is 0 Å². The van der Waals surface area contributed by atoms with E-state index in [2.05, 4.69) is 55.9 Å². The second-order valence-electron chi connectivity index (χ2n) is 5.85. The lowest BCUT2D eigenvalue weighted by Gasteiger charge is -2.37. The Kier molecular flexibility index (Phi) is 3.54. The van der Waals surface area contributed by atoms with Crippen LogP contribution in [0, 0.1) is 6.92 Å². The number of aromatic nitrogens is 3. The maximum Gasteiger partial charge on any atom is 0.134 e. The molecule has 5 heteroatoms. The first-order chi connectivity index (χ1) is 11.3. The number of benzene rings is 1. The molecule has 3 aromatic rings. The molecule has 0 atom stereocenters. The maximum atomic E-state index is 4.46. The average Bonchev–Trinajstić information content (AvgIpc) is 2.62. The van der Waals surface area contributed by atoms with Crippen molar-refractivity contribution >= 4 is 22.4 Å². The van der Waals surface area contributed by atoms with Crippen LogP contribution >= 0.6 is 0 Å². The van der Waals surface area contributed by atoms with Crippen molar-refractivity contribution in [1.82, 2.24) is 15.0 Å². The minimum atomic E-state index is 0.967. The minimum absolute atomic E-state index is 0.967. The molecule has 0 saturated carbocycles. The SMILES string of the molecule is Cc1cncnc1N1CCN(c2ccnc3ccccc23)CC1. The van der Waals surface area contributed by atoms with Gasteiger partial charge in [-0.15, -0.1) is 0 Å². The van der Waals surface area contributed by atoms with Crippen LogP contribution in [0.4, 0.5) is 11.5 Å². The maximum absolute atomic E-state index is 4.46. The van der Waals surface area contributed by atoms with E-state index in [9.17, 15) is 0 Å². The first-order valence-electron chi connectivity index (χ1n) is 7.93. The van der Waals surface area contributed by atoms with E-state index >= 15 is 0 Å². The Morgan fingerprint density at radius 1 is 0.913 bits per heavy atom. The van der Waals surface area contributed by atoms with Crippen LogP contribution in [0.5, 0.6) is 0 Å². The van der Waals surface area contributed by atoms with Crippen molar-refractivity contribution in [1.29, 1.82) is 0 Å². The van der Waals surface area contributed by atoms with Crippen molar-refractivity contribution in [2.45, 2.75) is 6.92 Å². The monoisotopic (exact) mass is 305 g/mol. The highest BCUT2D eigenvalue weighted by atomic mass is 15.3. The number of nitrogens with zero attached hydrogens (tertiary/aromatic N) is 5. The first kappa shape index (κ1) is 13.9. The number of pyridine rings is 1. The molecule has 116 valence electrons.